The van der Waals surface area contributed by atoms with Gasteiger partial charge in [0.05, 0.1) is 0 Å². The van der Waals surface area contributed by atoms with Crippen LogP contribution < -0.4 is 4.74 Å². The Labute approximate surface area is 148 Å². The van der Waals surface area contributed by atoms with Gasteiger partial charge in [-0.15, -0.1) is 0 Å². The van der Waals surface area contributed by atoms with Gasteiger partial charge in [-0.25, -0.2) is 0 Å². The monoisotopic (exact) mass is 339 g/mol. The van der Waals surface area contributed by atoms with Gasteiger partial charge in [-0.3, -0.25) is 4.79 Å². The predicted molar refractivity (Wildman–Crippen MR) is 96.4 cm³/mol. The van der Waals surface area contributed by atoms with E-state index in [-0.39, 0.29) is 11.2 Å². The van der Waals surface area contributed by atoms with E-state index in [0.717, 1.165) is 31.4 Å². The van der Waals surface area contributed by atoms with Crippen LogP contribution in [0.15, 0.2) is 36.0 Å². The summed E-state index contributed by atoms with van der Waals surface area (Å²) in [5.41, 5.74) is 2.85. The Kier molecular flexibility index (Phi) is 3.94. The number of rotatable bonds is 3. The number of oxime groups is 1. The number of ketones is 1. The van der Waals surface area contributed by atoms with Crippen molar-refractivity contribution in [2.45, 2.75) is 44.9 Å². The zero-order valence-corrected chi connectivity index (χ0v) is 14.7. The third-order valence-electron chi connectivity index (χ3n) is 6.77. The number of carbonyl (C=O) groups is 1. The molecule has 0 saturated heterocycles. The molecule has 4 rings (SSSR count). The van der Waals surface area contributed by atoms with Crippen molar-refractivity contribution in [1.29, 1.82) is 0 Å². The van der Waals surface area contributed by atoms with Crippen LogP contribution in [0, 0.1) is 17.3 Å². The van der Waals surface area contributed by atoms with E-state index in [1.54, 1.807) is 6.08 Å². The number of hydrogen-bond acceptors (Lipinski definition) is 4. The molecule has 0 aliphatic heterocycles. The second-order valence-corrected chi connectivity index (χ2v) is 7.91. The molecule has 0 spiro atoms. The molecule has 0 unspecified atom stereocenters. The molecule has 3 aliphatic carbocycles. The normalized spacial score (nSPS) is 35.0. The van der Waals surface area contributed by atoms with E-state index in [1.807, 2.05) is 0 Å². The van der Waals surface area contributed by atoms with Crippen molar-refractivity contribution in [3.8, 4) is 5.75 Å². The smallest absolute Gasteiger partial charge is 0.186 e. The highest BCUT2D eigenvalue weighted by molar-refractivity contribution is 6.43. The third-order valence-corrected chi connectivity index (χ3v) is 6.77. The molecule has 4 heteroatoms. The fourth-order valence-corrected chi connectivity index (χ4v) is 5.50. The average molecular weight is 339 g/mol. The van der Waals surface area contributed by atoms with Crippen LogP contribution >= 0.6 is 0 Å². The second-order valence-electron chi connectivity index (χ2n) is 7.91. The Balaban J connectivity index is 1.64. The summed E-state index contributed by atoms with van der Waals surface area (Å²) in [6.45, 7) is 6.30. The summed E-state index contributed by atoms with van der Waals surface area (Å²) in [6, 6.07) is 6.44. The molecule has 132 valence electrons. The van der Waals surface area contributed by atoms with Gasteiger partial charge in [0.15, 0.2) is 5.78 Å². The molecule has 25 heavy (non-hydrogen) atoms. The minimum atomic E-state index is -0.340. The largest absolute Gasteiger partial charge is 0.490 e. The number of hydrogen-bond donors (Lipinski definition) is 1. The van der Waals surface area contributed by atoms with Crippen molar-refractivity contribution in [2.75, 3.05) is 6.61 Å². The minimum absolute atomic E-state index is 0.0671. The Bertz CT molecular complexity index is 754. The van der Waals surface area contributed by atoms with Crippen LogP contribution in [0.4, 0.5) is 0 Å². The molecular weight excluding hydrogens is 314 g/mol. The van der Waals surface area contributed by atoms with Crippen molar-refractivity contribution in [1.82, 2.24) is 0 Å². The summed E-state index contributed by atoms with van der Waals surface area (Å²) in [7, 11) is 0. The van der Waals surface area contributed by atoms with Crippen molar-refractivity contribution < 1.29 is 14.7 Å². The minimum Gasteiger partial charge on any atom is -0.490 e. The lowest BCUT2D eigenvalue weighted by Crippen LogP contribution is -2.42. The summed E-state index contributed by atoms with van der Waals surface area (Å²) in [5.74, 6) is 2.27. The summed E-state index contributed by atoms with van der Waals surface area (Å²) in [6.07, 6.45) is 6.41. The van der Waals surface area contributed by atoms with E-state index < -0.39 is 0 Å². The molecule has 0 heterocycles. The van der Waals surface area contributed by atoms with E-state index in [2.05, 4.69) is 36.9 Å². The van der Waals surface area contributed by atoms with Gasteiger partial charge in [0, 0.05) is 11.8 Å². The van der Waals surface area contributed by atoms with Crippen molar-refractivity contribution in [3.63, 3.8) is 0 Å². The summed E-state index contributed by atoms with van der Waals surface area (Å²) < 4.78 is 5.68. The van der Waals surface area contributed by atoms with Gasteiger partial charge in [0.1, 0.15) is 18.1 Å². The SMILES string of the molecule is C=CCOc1ccc2c(c1)CC[C@@H]1[C@@H]2CC[C@]2(C)C(=O)/C(=N\O)C[C@@H]12. The number of aryl methyl sites for hydroxylation is 1. The molecule has 0 bridgehead atoms. The molecule has 0 amide bonds. The standard InChI is InChI=1S/C21H25NO3/c1-3-10-25-14-5-7-15-13(11-14)4-6-17-16(15)8-9-21(2)18(17)12-19(22-24)20(21)23/h3,5,7,11,16-18,24H,1,4,6,8-10,12H2,2H3/b22-19-/t16-,17-,18+,21+/m1/s1. The van der Waals surface area contributed by atoms with Crippen LogP contribution in [0.25, 0.3) is 0 Å². The topological polar surface area (TPSA) is 58.9 Å². The van der Waals surface area contributed by atoms with Crippen LogP contribution in [0.3, 0.4) is 0 Å². The lowest BCUT2D eigenvalue weighted by molar-refractivity contribution is -0.125. The molecule has 0 radical (unpaired) electrons. The zero-order valence-electron chi connectivity index (χ0n) is 14.7. The molecule has 4 atom stereocenters. The molecule has 0 aromatic heterocycles. The molecule has 1 aromatic rings. The third kappa shape index (κ3) is 2.42. The first kappa shape index (κ1) is 16.4. The fraction of sp³-hybridized carbons (Fsp3) is 0.524. The van der Waals surface area contributed by atoms with Crippen LogP contribution in [-0.4, -0.2) is 23.3 Å². The highest BCUT2D eigenvalue weighted by atomic mass is 16.5. The van der Waals surface area contributed by atoms with E-state index in [9.17, 15) is 10.0 Å². The van der Waals surface area contributed by atoms with Gasteiger partial charge in [0.25, 0.3) is 0 Å². The van der Waals surface area contributed by atoms with E-state index in [4.69, 9.17) is 4.74 Å². The van der Waals surface area contributed by atoms with Gasteiger partial charge < -0.3 is 9.94 Å². The summed E-state index contributed by atoms with van der Waals surface area (Å²) >= 11 is 0. The fourth-order valence-electron chi connectivity index (χ4n) is 5.50. The quantitative estimate of drug-likeness (QED) is 0.512. The van der Waals surface area contributed by atoms with E-state index in [1.165, 1.54) is 11.1 Å². The van der Waals surface area contributed by atoms with Crippen LogP contribution in [0.2, 0.25) is 0 Å². The maximum Gasteiger partial charge on any atom is 0.186 e. The zero-order chi connectivity index (χ0) is 17.6. The lowest BCUT2D eigenvalue weighted by Gasteiger charge is -2.47. The number of fused-ring (bicyclic) bond motifs is 5. The van der Waals surface area contributed by atoms with E-state index >= 15 is 0 Å². The van der Waals surface area contributed by atoms with Crippen molar-refractivity contribution in [2.24, 2.45) is 22.4 Å². The Morgan fingerprint density at radius 1 is 1.44 bits per heavy atom. The molecule has 1 N–H and O–H groups in total. The first-order chi connectivity index (χ1) is 12.1. The Hall–Kier alpha value is -2.10. The Morgan fingerprint density at radius 2 is 2.28 bits per heavy atom. The highest BCUT2D eigenvalue weighted by Gasteiger charge is 2.57. The number of benzene rings is 1. The predicted octanol–water partition coefficient (Wildman–Crippen LogP) is 4.12. The first-order valence-electron chi connectivity index (χ1n) is 9.20. The highest BCUT2D eigenvalue weighted by Crippen LogP contribution is 2.59. The number of nitrogens with zero attached hydrogens (tertiary/aromatic N) is 1. The first-order valence-corrected chi connectivity index (χ1v) is 9.20. The molecule has 3 aliphatic rings. The van der Waals surface area contributed by atoms with Gasteiger partial charge in [-0.05, 0) is 66.7 Å². The van der Waals surface area contributed by atoms with Crippen LogP contribution in [0.1, 0.15) is 49.7 Å². The molecule has 4 nitrogen and oxygen atoms in total. The maximum atomic E-state index is 12.6. The number of Topliss-reactive ketones (excluding diaryl/α,β-unsaturated/α-hetero) is 1. The van der Waals surface area contributed by atoms with Crippen LogP contribution in [-0.2, 0) is 11.2 Å². The average Bonchev–Trinajstić information content (AvgIpc) is 2.90. The van der Waals surface area contributed by atoms with Gasteiger partial charge in [0.2, 0.25) is 0 Å². The van der Waals surface area contributed by atoms with E-state index in [0.29, 0.717) is 36.5 Å². The number of carbonyl (C=O) groups excluding carboxylic acids is 1. The van der Waals surface area contributed by atoms with Crippen molar-refractivity contribution >= 4 is 11.5 Å². The molecular formula is C21H25NO3. The summed E-state index contributed by atoms with van der Waals surface area (Å²) in [5, 5.41) is 12.5. The molecule has 1 aromatic carbocycles. The van der Waals surface area contributed by atoms with Crippen molar-refractivity contribution in [3.05, 3.63) is 42.0 Å². The van der Waals surface area contributed by atoms with Gasteiger partial charge in [-0.2, -0.15) is 0 Å². The molecule has 2 saturated carbocycles. The molecule has 2 fully saturated rings. The van der Waals surface area contributed by atoms with Gasteiger partial charge in [-0.1, -0.05) is 30.8 Å². The van der Waals surface area contributed by atoms with Gasteiger partial charge >= 0.3 is 0 Å². The number of ether oxygens (including phenoxy) is 1. The van der Waals surface area contributed by atoms with Crippen LogP contribution in [0.5, 0.6) is 5.75 Å². The second kappa shape index (κ2) is 6.01. The lowest BCUT2D eigenvalue weighted by atomic mass is 9.55. The maximum absolute atomic E-state index is 12.6. The Morgan fingerprint density at radius 3 is 3.04 bits per heavy atom. The summed E-state index contributed by atoms with van der Waals surface area (Å²) in [4.78, 5) is 12.6.